The summed E-state index contributed by atoms with van der Waals surface area (Å²) in [5.41, 5.74) is -1.11. The maximum absolute atomic E-state index is 11.8. The first kappa shape index (κ1) is 17.0. The van der Waals surface area contributed by atoms with Crippen molar-refractivity contribution < 1.29 is 14.4 Å². The standard InChI is InChI=1S/C10H16N2O3S.Na/c1-4-10(5-16-6(2)3)7(13)11-9(15)12-8(10)14;/h6H,4-5H2,1-3H3,(H2,11,12,13,14,15);. The van der Waals surface area contributed by atoms with Crippen molar-refractivity contribution in [3.05, 3.63) is 0 Å². The first-order valence-electron chi connectivity index (χ1n) is 5.21. The fraction of sp³-hybridized carbons (Fsp3) is 0.700. The molecule has 0 aromatic rings. The fourth-order valence-corrected chi connectivity index (χ4v) is 2.53. The van der Waals surface area contributed by atoms with E-state index in [9.17, 15) is 14.4 Å². The molecule has 0 atom stereocenters. The summed E-state index contributed by atoms with van der Waals surface area (Å²) in [7, 11) is 0. The van der Waals surface area contributed by atoms with Crippen LogP contribution in [0.3, 0.4) is 0 Å². The number of barbiturate groups is 1. The van der Waals surface area contributed by atoms with E-state index in [2.05, 4.69) is 10.6 Å². The van der Waals surface area contributed by atoms with Crippen molar-refractivity contribution in [2.75, 3.05) is 5.75 Å². The van der Waals surface area contributed by atoms with Crippen LogP contribution in [0.15, 0.2) is 0 Å². The van der Waals surface area contributed by atoms with Gasteiger partial charge in [-0.3, -0.25) is 20.2 Å². The number of imide groups is 2. The summed E-state index contributed by atoms with van der Waals surface area (Å²) >= 11 is 1.54. The Hall–Kier alpha value is -0.0400. The Labute approximate surface area is 127 Å². The van der Waals surface area contributed by atoms with Crippen LogP contribution in [0.2, 0.25) is 0 Å². The van der Waals surface area contributed by atoms with Gasteiger partial charge >= 0.3 is 6.03 Å². The van der Waals surface area contributed by atoms with E-state index in [1.165, 1.54) is 11.8 Å². The molecule has 0 spiro atoms. The molecule has 0 saturated carbocycles. The van der Waals surface area contributed by atoms with Gasteiger partial charge in [0.1, 0.15) is 5.41 Å². The van der Waals surface area contributed by atoms with Crippen LogP contribution in [0.4, 0.5) is 4.79 Å². The van der Waals surface area contributed by atoms with Crippen LogP contribution in [0, 0.1) is 5.41 Å². The number of hydrogen-bond donors (Lipinski definition) is 2. The van der Waals surface area contributed by atoms with Crippen LogP contribution in [-0.2, 0) is 9.59 Å². The molecule has 2 N–H and O–H groups in total. The monoisotopic (exact) mass is 267 g/mol. The van der Waals surface area contributed by atoms with E-state index in [1.807, 2.05) is 13.8 Å². The number of nitrogens with one attached hydrogen (secondary N) is 2. The minimum absolute atomic E-state index is 0. The predicted molar refractivity (Wildman–Crippen MR) is 67.8 cm³/mol. The predicted octanol–water partition coefficient (Wildman–Crippen LogP) is 0.510. The molecular weight excluding hydrogens is 251 g/mol. The molecule has 17 heavy (non-hydrogen) atoms. The van der Waals surface area contributed by atoms with E-state index in [-0.39, 0.29) is 29.6 Å². The van der Waals surface area contributed by atoms with Crippen molar-refractivity contribution >= 4 is 59.2 Å². The topological polar surface area (TPSA) is 75.3 Å². The molecule has 1 saturated heterocycles. The summed E-state index contributed by atoms with van der Waals surface area (Å²) in [6.07, 6.45) is 0.387. The van der Waals surface area contributed by atoms with Gasteiger partial charge in [-0.1, -0.05) is 20.8 Å². The van der Waals surface area contributed by atoms with Crippen LogP contribution in [-0.4, -0.2) is 58.4 Å². The molecule has 0 aromatic carbocycles. The molecular formula is C10H16N2NaO3S. The second-order valence-electron chi connectivity index (χ2n) is 4.03. The number of carbonyl (C=O) groups is 3. The van der Waals surface area contributed by atoms with Gasteiger partial charge < -0.3 is 0 Å². The molecule has 0 unspecified atom stereocenters. The molecule has 1 aliphatic rings. The van der Waals surface area contributed by atoms with Crippen molar-refractivity contribution in [3.63, 3.8) is 0 Å². The van der Waals surface area contributed by atoms with Crippen LogP contribution in [0.5, 0.6) is 0 Å². The largest absolute Gasteiger partial charge is 0.328 e. The van der Waals surface area contributed by atoms with Crippen molar-refractivity contribution in [2.45, 2.75) is 32.4 Å². The van der Waals surface area contributed by atoms with Gasteiger partial charge in [0.2, 0.25) is 11.8 Å². The summed E-state index contributed by atoms with van der Waals surface area (Å²) in [4.78, 5) is 34.5. The SMILES string of the molecule is CCC1(CSC(C)C)C(=O)NC(=O)NC1=O.[Na]. The molecule has 7 heteroatoms. The van der Waals surface area contributed by atoms with Gasteiger partial charge in [-0.15, -0.1) is 0 Å². The number of thioether (sulfide) groups is 1. The van der Waals surface area contributed by atoms with Crippen molar-refractivity contribution in [1.29, 1.82) is 0 Å². The van der Waals surface area contributed by atoms with Gasteiger partial charge in [0.25, 0.3) is 0 Å². The Bertz CT molecular complexity index is 314. The van der Waals surface area contributed by atoms with E-state index >= 15 is 0 Å². The summed E-state index contributed by atoms with van der Waals surface area (Å²) < 4.78 is 0. The van der Waals surface area contributed by atoms with E-state index < -0.39 is 23.3 Å². The molecule has 1 rings (SSSR count). The van der Waals surface area contributed by atoms with E-state index in [0.29, 0.717) is 17.4 Å². The second kappa shape index (κ2) is 6.78. The van der Waals surface area contributed by atoms with Crippen molar-refractivity contribution in [1.82, 2.24) is 10.6 Å². The summed E-state index contributed by atoms with van der Waals surface area (Å²) in [5.74, 6) is -0.583. The van der Waals surface area contributed by atoms with Crippen LogP contribution in [0.1, 0.15) is 27.2 Å². The Kier molecular flexibility index (Phi) is 6.76. The summed E-state index contributed by atoms with van der Waals surface area (Å²) in [5, 5.41) is 4.64. The molecule has 1 radical (unpaired) electrons. The average molecular weight is 267 g/mol. The number of urea groups is 1. The van der Waals surface area contributed by atoms with E-state index in [1.54, 1.807) is 6.92 Å². The molecule has 1 aliphatic heterocycles. The zero-order chi connectivity index (χ0) is 12.3. The van der Waals surface area contributed by atoms with Crippen molar-refractivity contribution in [3.8, 4) is 0 Å². The molecule has 0 aromatic heterocycles. The normalized spacial score (nSPS) is 18.5. The Morgan fingerprint density at radius 3 is 2.00 bits per heavy atom. The smallest absolute Gasteiger partial charge is 0.277 e. The molecule has 0 bridgehead atoms. The van der Waals surface area contributed by atoms with Gasteiger partial charge in [0, 0.05) is 35.3 Å². The quantitative estimate of drug-likeness (QED) is 0.575. The van der Waals surface area contributed by atoms with Crippen LogP contribution >= 0.6 is 11.8 Å². The van der Waals surface area contributed by atoms with E-state index in [4.69, 9.17) is 0 Å². The maximum Gasteiger partial charge on any atom is 0.328 e. The second-order valence-corrected chi connectivity index (χ2v) is 5.60. The molecule has 0 aliphatic carbocycles. The fourth-order valence-electron chi connectivity index (χ4n) is 1.44. The Morgan fingerprint density at radius 1 is 1.18 bits per heavy atom. The van der Waals surface area contributed by atoms with Crippen LogP contribution in [0.25, 0.3) is 0 Å². The molecule has 1 fully saturated rings. The number of rotatable bonds is 4. The molecule has 1 heterocycles. The van der Waals surface area contributed by atoms with Gasteiger partial charge in [-0.25, -0.2) is 4.79 Å². The minimum Gasteiger partial charge on any atom is -0.277 e. The number of carbonyl (C=O) groups excluding carboxylic acids is 3. The maximum atomic E-state index is 11.8. The van der Waals surface area contributed by atoms with Gasteiger partial charge in [-0.2, -0.15) is 11.8 Å². The Morgan fingerprint density at radius 2 is 1.65 bits per heavy atom. The van der Waals surface area contributed by atoms with Gasteiger partial charge in [0.15, 0.2) is 0 Å². The number of hydrogen-bond acceptors (Lipinski definition) is 4. The van der Waals surface area contributed by atoms with Gasteiger partial charge in [-0.05, 0) is 11.7 Å². The molecule has 5 nitrogen and oxygen atoms in total. The van der Waals surface area contributed by atoms with Crippen LogP contribution < -0.4 is 10.6 Å². The van der Waals surface area contributed by atoms with Crippen molar-refractivity contribution in [2.24, 2.45) is 5.41 Å². The van der Waals surface area contributed by atoms with E-state index in [0.717, 1.165) is 0 Å². The van der Waals surface area contributed by atoms with Gasteiger partial charge in [0.05, 0.1) is 0 Å². The Balaban J connectivity index is 0.00000256. The zero-order valence-electron chi connectivity index (χ0n) is 10.6. The first-order valence-corrected chi connectivity index (χ1v) is 6.25. The average Bonchev–Trinajstić information content (AvgIpc) is 2.17. The molecule has 91 valence electrons. The first-order chi connectivity index (χ1) is 7.42. The summed E-state index contributed by atoms with van der Waals surface area (Å²) in [6.45, 7) is 5.77. The third kappa shape index (κ3) is 3.71. The third-order valence-electron chi connectivity index (χ3n) is 2.59. The summed E-state index contributed by atoms with van der Waals surface area (Å²) in [6, 6.07) is -0.728. The third-order valence-corrected chi connectivity index (χ3v) is 3.92. The molecule has 4 amide bonds. The zero-order valence-corrected chi connectivity index (χ0v) is 13.4. The minimum atomic E-state index is -1.11. The number of amides is 4.